The van der Waals surface area contributed by atoms with Crippen molar-refractivity contribution in [1.82, 2.24) is 4.90 Å². The third-order valence-electron chi connectivity index (χ3n) is 4.64. The van der Waals surface area contributed by atoms with Gasteiger partial charge >= 0.3 is 5.97 Å². The standard InChI is InChI=1S/C21H19ClN2O6S/c1-2-29-17(26)10-30-16-6-5-14(19(27)18(16)22)15(25)9-24-8-12-7-11(20(23)31)3-4-13(12)21(24)28/h3-7,27H,2,8-10H2,1H3,(H2,23,31). The van der Waals surface area contributed by atoms with Crippen LogP contribution >= 0.6 is 23.8 Å². The molecule has 0 spiro atoms. The molecule has 1 amide bonds. The molecule has 0 unspecified atom stereocenters. The van der Waals surface area contributed by atoms with E-state index >= 15 is 0 Å². The Morgan fingerprint density at radius 2 is 2.03 bits per heavy atom. The fourth-order valence-corrected chi connectivity index (χ4v) is 3.49. The number of phenols is 1. The van der Waals surface area contributed by atoms with Crippen LogP contribution in [0.2, 0.25) is 5.02 Å². The Labute approximate surface area is 188 Å². The lowest BCUT2D eigenvalue weighted by Gasteiger charge is -2.16. The second-order valence-corrected chi connectivity index (χ2v) is 7.51. The van der Waals surface area contributed by atoms with Crippen molar-refractivity contribution in [1.29, 1.82) is 0 Å². The largest absolute Gasteiger partial charge is 0.505 e. The summed E-state index contributed by atoms with van der Waals surface area (Å²) in [5, 5.41) is 10.1. The van der Waals surface area contributed by atoms with Crippen LogP contribution in [0.3, 0.4) is 0 Å². The molecule has 0 fully saturated rings. The predicted octanol–water partition coefficient (Wildman–Crippen LogP) is 2.46. The van der Waals surface area contributed by atoms with Gasteiger partial charge in [-0.1, -0.05) is 29.9 Å². The molecule has 1 aliphatic rings. The van der Waals surface area contributed by atoms with E-state index in [2.05, 4.69) is 0 Å². The zero-order valence-electron chi connectivity index (χ0n) is 16.5. The highest BCUT2D eigenvalue weighted by molar-refractivity contribution is 7.80. The van der Waals surface area contributed by atoms with Gasteiger partial charge in [-0.25, -0.2) is 4.79 Å². The third-order valence-corrected chi connectivity index (χ3v) is 5.24. The number of fused-ring (bicyclic) bond motifs is 1. The number of benzene rings is 2. The number of carbonyl (C=O) groups excluding carboxylic acids is 3. The first-order valence-corrected chi connectivity index (χ1v) is 10.1. The maximum atomic E-state index is 12.7. The van der Waals surface area contributed by atoms with E-state index in [4.69, 9.17) is 39.0 Å². The van der Waals surface area contributed by atoms with Crippen LogP contribution in [-0.2, 0) is 16.1 Å². The number of carbonyl (C=O) groups is 3. The number of ether oxygens (including phenoxy) is 2. The molecular formula is C21H19ClN2O6S. The van der Waals surface area contributed by atoms with Crippen molar-refractivity contribution in [2.24, 2.45) is 5.73 Å². The van der Waals surface area contributed by atoms with Crippen molar-refractivity contribution in [3.63, 3.8) is 0 Å². The van der Waals surface area contributed by atoms with Crippen LogP contribution in [0.25, 0.3) is 0 Å². The minimum atomic E-state index is -0.594. The van der Waals surface area contributed by atoms with Crippen LogP contribution in [0.1, 0.15) is 38.8 Å². The van der Waals surface area contributed by atoms with Gasteiger partial charge in [0.2, 0.25) is 0 Å². The minimum absolute atomic E-state index is 0.0266. The smallest absolute Gasteiger partial charge is 0.344 e. The van der Waals surface area contributed by atoms with E-state index < -0.39 is 24.1 Å². The van der Waals surface area contributed by atoms with Gasteiger partial charge in [0.1, 0.15) is 21.5 Å². The molecule has 2 aromatic rings. The van der Waals surface area contributed by atoms with Crippen LogP contribution in [-0.4, -0.2) is 52.4 Å². The number of nitrogens with two attached hydrogens (primary N) is 1. The zero-order chi connectivity index (χ0) is 22.7. The van der Waals surface area contributed by atoms with Gasteiger partial charge in [-0.05, 0) is 36.8 Å². The van der Waals surface area contributed by atoms with E-state index in [0.717, 1.165) is 0 Å². The van der Waals surface area contributed by atoms with Crippen LogP contribution in [0.4, 0.5) is 0 Å². The lowest BCUT2D eigenvalue weighted by atomic mass is 10.1. The number of hydrogen-bond acceptors (Lipinski definition) is 7. The van der Waals surface area contributed by atoms with Crippen LogP contribution in [0.15, 0.2) is 30.3 Å². The highest BCUT2D eigenvalue weighted by Crippen LogP contribution is 2.36. The predicted molar refractivity (Wildman–Crippen MR) is 117 cm³/mol. The summed E-state index contributed by atoms with van der Waals surface area (Å²) >= 11 is 11.0. The van der Waals surface area contributed by atoms with E-state index in [9.17, 15) is 19.5 Å². The zero-order valence-corrected chi connectivity index (χ0v) is 18.1. The summed E-state index contributed by atoms with van der Waals surface area (Å²) in [7, 11) is 0. The normalized spacial score (nSPS) is 12.5. The number of halogens is 1. The average molecular weight is 463 g/mol. The Morgan fingerprint density at radius 1 is 1.29 bits per heavy atom. The topological polar surface area (TPSA) is 119 Å². The Morgan fingerprint density at radius 3 is 2.71 bits per heavy atom. The summed E-state index contributed by atoms with van der Waals surface area (Å²) < 4.78 is 9.98. The van der Waals surface area contributed by atoms with Crippen LogP contribution < -0.4 is 10.5 Å². The van der Waals surface area contributed by atoms with Crippen LogP contribution in [0, 0.1) is 0 Å². The van der Waals surface area contributed by atoms with Crippen molar-refractivity contribution in [3.8, 4) is 11.5 Å². The summed E-state index contributed by atoms with van der Waals surface area (Å²) in [4.78, 5) is 38.3. The molecule has 8 nitrogen and oxygen atoms in total. The van der Waals surface area contributed by atoms with E-state index in [0.29, 0.717) is 16.7 Å². The summed E-state index contributed by atoms with van der Waals surface area (Å²) in [5.74, 6) is -1.87. The summed E-state index contributed by atoms with van der Waals surface area (Å²) in [5.41, 5.74) is 7.39. The molecule has 2 aromatic carbocycles. The number of amides is 1. The van der Waals surface area contributed by atoms with E-state index in [1.165, 1.54) is 17.0 Å². The lowest BCUT2D eigenvalue weighted by Crippen LogP contribution is -2.30. The summed E-state index contributed by atoms with van der Waals surface area (Å²) in [6.45, 7) is 1.42. The SMILES string of the molecule is CCOC(=O)COc1ccc(C(=O)CN2Cc3cc(C(N)=S)ccc3C2=O)c(O)c1Cl. The van der Waals surface area contributed by atoms with Gasteiger partial charge in [0.25, 0.3) is 5.91 Å². The highest BCUT2D eigenvalue weighted by Gasteiger charge is 2.30. The number of thiocarbonyl (C=S) groups is 1. The molecule has 1 heterocycles. The highest BCUT2D eigenvalue weighted by atomic mass is 35.5. The maximum absolute atomic E-state index is 12.7. The van der Waals surface area contributed by atoms with Crippen molar-refractivity contribution in [3.05, 3.63) is 57.6 Å². The number of rotatable bonds is 8. The second kappa shape index (κ2) is 9.32. The van der Waals surface area contributed by atoms with Crippen molar-refractivity contribution < 1.29 is 29.0 Å². The van der Waals surface area contributed by atoms with Gasteiger partial charge < -0.3 is 25.2 Å². The number of nitrogens with zero attached hydrogens (tertiary/aromatic N) is 1. The van der Waals surface area contributed by atoms with Gasteiger partial charge in [-0.15, -0.1) is 0 Å². The Bertz CT molecular complexity index is 1090. The number of esters is 1. The first kappa shape index (κ1) is 22.5. The van der Waals surface area contributed by atoms with E-state index in [1.807, 2.05) is 0 Å². The molecule has 3 rings (SSSR count). The molecule has 0 saturated carbocycles. The van der Waals surface area contributed by atoms with Gasteiger partial charge in [-0.3, -0.25) is 9.59 Å². The Kier molecular flexibility index (Phi) is 6.77. The molecular weight excluding hydrogens is 444 g/mol. The number of hydrogen-bond donors (Lipinski definition) is 2. The minimum Gasteiger partial charge on any atom is -0.505 e. The number of ketones is 1. The van der Waals surface area contributed by atoms with Crippen molar-refractivity contribution >= 4 is 46.5 Å². The molecule has 1 aliphatic heterocycles. The first-order valence-electron chi connectivity index (χ1n) is 9.28. The van der Waals surface area contributed by atoms with E-state index in [-0.39, 0.29) is 46.9 Å². The number of aromatic hydroxyl groups is 1. The fraction of sp³-hybridized carbons (Fsp3) is 0.238. The molecule has 10 heteroatoms. The first-order chi connectivity index (χ1) is 14.7. The van der Waals surface area contributed by atoms with E-state index in [1.54, 1.807) is 25.1 Å². The van der Waals surface area contributed by atoms with Gasteiger partial charge in [0.15, 0.2) is 12.4 Å². The maximum Gasteiger partial charge on any atom is 0.344 e. The molecule has 31 heavy (non-hydrogen) atoms. The Balaban J connectivity index is 1.72. The monoisotopic (exact) mass is 462 g/mol. The van der Waals surface area contributed by atoms with Gasteiger partial charge in [-0.2, -0.15) is 0 Å². The van der Waals surface area contributed by atoms with Crippen LogP contribution in [0.5, 0.6) is 11.5 Å². The van der Waals surface area contributed by atoms with Gasteiger partial charge in [0.05, 0.1) is 18.7 Å². The number of phenolic OH excluding ortho intramolecular Hbond substituents is 1. The lowest BCUT2D eigenvalue weighted by molar-refractivity contribution is -0.145. The third kappa shape index (κ3) is 4.78. The molecule has 3 N–H and O–H groups in total. The number of Topliss-reactive ketones (excluding diaryl/α,β-unsaturated/α-hetero) is 1. The average Bonchev–Trinajstić information content (AvgIpc) is 3.04. The molecule has 0 saturated heterocycles. The van der Waals surface area contributed by atoms with Crippen molar-refractivity contribution in [2.75, 3.05) is 19.8 Å². The Hall–Kier alpha value is -3.17. The fourth-order valence-electron chi connectivity index (χ4n) is 3.14. The molecule has 0 aromatic heterocycles. The molecule has 0 bridgehead atoms. The summed E-state index contributed by atoms with van der Waals surface area (Å²) in [6, 6.07) is 7.70. The molecule has 0 radical (unpaired) electrons. The second-order valence-electron chi connectivity index (χ2n) is 6.69. The molecule has 0 atom stereocenters. The summed E-state index contributed by atoms with van der Waals surface area (Å²) in [6.07, 6.45) is 0. The molecule has 162 valence electrons. The quantitative estimate of drug-likeness (QED) is 0.349. The van der Waals surface area contributed by atoms with Gasteiger partial charge in [0, 0.05) is 17.7 Å². The van der Waals surface area contributed by atoms with Crippen molar-refractivity contribution in [2.45, 2.75) is 13.5 Å². The molecule has 0 aliphatic carbocycles.